The van der Waals surface area contributed by atoms with E-state index in [1.807, 2.05) is 6.92 Å². The van der Waals surface area contributed by atoms with Crippen molar-refractivity contribution in [3.05, 3.63) is 100 Å². The molecule has 2 heterocycles. The Bertz CT molecular complexity index is 2260. The number of nitrogens with one attached hydrogen (secondary N) is 1. The molecule has 0 radical (unpaired) electrons. The highest BCUT2D eigenvalue weighted by atomic mass is 32.2. The number of amides is 1. The van der Waals surface area contributed by atoms with E-state index < -0.39 is 68.3 Å². The number of carbonyl (C=O) groups excluding carboxylic acids is 3. The second kappa shape index (κ2) is 11.9. The lowest BCUT2D eigenvalue weighted by Gasteiger charge is -2.38. The molecule has 50 heavy (non-hydrogen) atoms. The second-order valence-corrected chi connectivity index (χ2v) is 14.8. The summed E-state index contributed by atoms with van der Waals surface area (Å²) in [7, 11) is -2.18. The lowest BCUT2D eigenvalue weighted by molar-refractivity contribution is 0.0868. The van der Waals surface area contributed by atoms with Crippen molar-refractivity contribution in [3.8, 4) is 29.4 Å². The maximum atomic E-state index is 14.2. The third-order valence-electron chi connectivity index (χ3n) is 9.74. The van der Waals surface area contributed by atoms with E-state index in [0.29, 0.717) is 11.1 Å². The lowest BCUT2D eigenvalue weighted by Crippen LogP contribution is -2.53. The molecule has 0 unspecified atom stereocenters. The van der Waals surface area contributed by atoms with Crippen LogP contribution in [0.5, 0.6) is 5.75 Å². The molecule has 2 bridgehead atoms. The number of phenolic OH excluding ortho intramolecular Hbond substituents is 1. The molecule has 3 N–H and O–H groups in total. The average Bonchev–Trinajstić information content (AvgIpc) is 3.83. The summed E-state index contributed by atoms with van der Waals surface area (Å²) in [4.78, 5) is 42.3. The minimum absolute atomic E-state index is 0.0153. The number of aromatic hydroxyl groups is 1. The number of aliphatic hydroxyl groups excluding tert-OH is 1. The van der Waals surface area contributed by atoms with Crippen molar-refractivity contribution in [2.45, 2.75) is 48.6 Å². The molecule has 1 amide bonds. The van der Waals surface area contributed by atoms with Gasteiger partial charge in [0, 0.05) is 30.3 Å². The van der Waals surface area contributed by atoms with E-state index in [1.165, 1.54) is 42.3 Å². The zero-order valence-electron chi connectivity index (χ0n) is 27.3. The Balaban J connectivity index is 1.16. The highest BCUT2D eigenvalue weighted by Gasteiger charge is 2.81. The molecule has 2 aliphatic heterocycles. The number of ether oxygens (including phenoxy) is 2. The summed E-state index contributed by atoms with van der Waals surface area (Å²) < 4.78 is 36.7. The van der Waals surface area contributed by atoms with Crippen molar-refractivity contribution in [2.75, 3.05) is 24.7 Å². The van der Waals surface area contributed by atoms with Gasteiger partial charge in [0.05, 0.1) is 39.5 Å². The van der Waals surface area contributed by atoms with Crippen molar-refractivity contribution < 1.29 is 42.5 Å². The van der Waals surface area contributed by atoms with Crippen LogP contribution in [0.2, 0.25) is 0 Å². The number of hydrogen-bond acceptors (Lipinski definition) is 10. The van der Waals surface area contributed by atoms with Crippen molar-refractivity contribution in [1.82, 2.24) is 4.90 Å². The minimum atomic E-state index is -3.64. The zero-order valence-corrected chi connectivity index (χ0v) is 28.1. The Kier molecular flexibility index (Phi) is 7.87. The lowest BCUT2D eigenvalue weighted by atomic mass is 9.67. The van der Waals surface area contributed by atoms with Crippen LogP contribution in [0, 0.1) is 29.6 Å². The van der Waals surface area contributed by atoms with Crippen LogP contribution in [0.4, 0.5) is 10.5 Å². The fourth-order valence-electron chi connectivity index (χ4n) is 7.31. The fourth-order valence-corrected chi connectivity index (χ4v) is 8.42. The number of anilines is 1. The fraction of sp³-hybridized carbons (Fsp3) is 0.289. The normalized spacial score (nSPS) is 25.0. The van der Waals surface area contributed by atoms with Crippen LogP contribution in [-0.2, 0) is 31.5 Å². The summed E-state index contributed by atoms with van der Waals surface area (Å²) in [5.41, 5.74) is -1.33. The maximum Gasteiger partial charge on any atom is 0.409 e. The van der Waals surface area contributed by atoms with Gasteiger partial charge in [0.25, 0.3) is 0 Å². The van der Waals surface area contributed by atoms with Crippen molar-refractivity contribution in [1.29, 1.82) is 0 Å². The summed E-state index contributed by atoms with van der Waals surface area (Å²) in [5.74, 6) is 9.68. The van der Waals surface area contributed by atoms with E-state index in [-0.39, 0.29) is 46.0 Å². The Morgan fingerprint density at radius 1 is 1.04 bits per heavy atom. The van der Waals surface area contributed by atoms with Crippen molar-refractivity contribution in [2.24, 2.45) is 5.92 Å². The van der Waals surface area contributed by atoms with Gasteiger partial charge in [-0.3, -0.25) is 9.59 Å². The van der Waals surface area contributed by atoms with Gasteiger partial charge in [0.15, 0.2) is 27.0 Å². The van der Waals surface area contributed by atoms with Crippen LogP contribution in [0.15, 0.2) is 71.6 Å². The van der Waals surface area contributed by atoms with Crippen LogP contribution < -0.4 is 5.32 Å². The minimum Gasteiger partial charge on any atom is -0.507 e. The molecule has 3 aromatic carbocycles. The van der Waals surface area contributed by atoms with E-state index in [0.717, 1.165) is 0 Å². The molecule has 3 aromatic rings. The van der Waals surface area contributed by atoms with Gasteiger partial charge >= 0.3 is 6.09 Å². The predicted octanol–water partition coefficient (Wildman–Crippen LogP) is 3.56. The van der Waals surface area contributed by atoms with Crippen molar-refractivity contribution in [3.63, 3.8) is 0 Å². The van der Waals surface area contributed by atoms with E-state index in [4.69, 9.17) is 9.47 Å². The Hall–Kier alpha value is -5.40. The van der Waals surface area contributed by atoms with Gasteiger partial charge in [-0.25, -0.2) is 13.2 Å². The van der Waals surface area contributed by atoms with Crippen LogP contribution in [0.25, 0.3) is 0 Å². The predicted molar refractivity (Wildman–Crippen MR) is 181 cm³/mol. The molecule has 12 heteroatoms. The molecule has 5 atom stereocenters. The third-order valence-corrected chi connectivity index (χ3v) is 11.4. The van der Waals surface area contributed by atoms with E-state index in [2.05, 4.69) is 29.0 Å². The van der Waals surface area contributed by atoms with Crippen LogP contribution >= 0.6 is 0 Å². The van der Waals surface area contributed by atoms with Crippen LogP contribution in [-0.4, -0.2) is 78.3 Å². The Morgan fingerprint density at radius 2 is 1.74 bits per heavy atom. The summed E-state index contributed by atoms with van der Waals surface area (Å²) in [6, 6.07) is 13.1. The van der Waals surface area contributed by atoms with E-state index in [1.54, 1.807) is 43.3 Å². The third kappa shape index (κ3) is 4.90. The number of nitrogens with zero attached hydrogens (tertiary/aromatic N) is 1. The SMILES string of the molecule is C[C@@H]1C#C/C=C\C#C[C@@H]2Nc3c(cc(O)c4c3C(=O)c3ccc(CN(C)C(=O)OCCS(=O)(=O)c5ccccc5)cc3C4=O)[C@]13O[C@@]23[C@@H](C)O. The number of phenols is 1. The smallest absolute Gasteiger partial charge is 0.409 e. The van der Waals surface area contributed by atoms with Crippen LogP contribution in [0.3, 0.4) is 0 Å². The number of sulfone groups is 1. The van der Waals surface area contributed by atoms with E-state index >= 15 is 0 Å². The largest absolute Gasteiger partial charge is 0.507 e. The first-order chi connectivity index (χ1) is 23.8. The first kappa shape index (κ1) is 33.1. The first-order valence-electron chi connectivity index (χ1n) is 15.9. The summed E-state index contributed by atoms with van der Waals surface area (Å²) in [6.45, 7) is 3.06. The molecule has 11 nitrogen and oxygen atoms in total. The van der Waals surface area contributed by atoms with Gasteiger partial charge in [-0.1, -0.05) is 47.9 Å². The number of fused-ring (bicyclic) bond motifs is 4. The molecule has 0 saturated carbocycles. The number of rotatable bonds is 7. The number of carbonyl (C=O) groups is 3. The Morgan fingerprint density at radius 3 is 2.46 bits per heavy atom. The summed E-state index contributed by atoms with van der Waals surface area (Å²) in [5, 5.41) is 25.7. The summed E-state index contributed by atoms with van der Waals surface area (Å²) >= 11 is 0. The Labute approximate surface area is 288 Å². The standard InChI is InChI=1S/C38H32N2O9S/c1-22-11-7-4-5-10-14-30-38(23(2)41)37(22,49-38)28-20-29(42)31-32(33(28)39-30)34(43)26-16-15-24(19-27(26)35(31)44)21-40(3)36(45)48-17-18-50(46,47)25-12-8-6-9-13-25/h4-6,8-9,12-13,15-16,19-20,22-23,30,39,41-42H,17-18,21H2,1-3H3/b5-4-/t22-,23-,30+,37-,38+/m1/s1. The topological polar surface area (TPSA) is 163 Å². The molecule has 1 saturated heterocycles. The number of allylic oxidation sites excluding steroid dienone is 2. The highest BCUT2D eigenvalue weighted by molar-refractivity contribution is 7.91. The van der Waals surface area contributed by atoms with Gasteiger partial charge in [-0.15, -0.1) is 0 Å². The molecule has 2 aliphatic carbocycles. The number of benzene rings is 3. The molecule has 4 aliphatic rings. The highest BCUT2D eigenvalue weighted by Crippen LogP contribution is 2.68. The van der Waals surface area contributed by atoms with Gasteiger partial charge in [-0.2, -0.15) is 0 Å². The number of hydrogen-bond donors (Lipinski definition) is 3. The molecule has 7 rings (SSSR count). The van der Waals surface area contributed by atoms with Crippen LogP contribution in [0.1, 0.15) is 56.8 Å². The molecule has 0 spiro atoms. The molecule has 254 valence electrons. The number of aliphatic hydroxyl groups is 1. The molecular formula is C38H32N2O9S. The second-order valence-electron chi connectivity index (χ2n) is 12.7. The van der Waals surface area contributed by atoms with Gasteiger partial charge in [-0.05, 0) is 61.9 Å². The molecule has 1 fully saturated rings. The average molecular weight is 693 g/mol. The van der Waals surface area contributed by atoms with Gasteiger partial charge < -0.3 is 29.9 Å². The van der Waals surface area contributed by atoms with Crippen molar-refractivity contribution >= 4 is 33.2 Å². The monoisotopic (exact) mass is 692 g/mol. The van der Waals surface area contributed by atoms with Gasteiger partial charge in [0.2, 0.25) is 0 Å². The molecular weight excluding hydrogens is 660 g/mol. The quantitative estimate of drug-likeness (QED) is 0.148. The first-order valence-corrected chi connectivity index (χ1v) is 17.6. The maximum absolute atomic E-state index is 14.2. The number of ketones is 2. The summed E-state index contributed by atoms with van der Waals surface area (Å²) in [6.07, 6.45) is 1.42. The molecule has 0 aromatic heterocycles. The number of epoxide rings is 1. The van der Waals surface area contributed by atoms with E-state index in [9.17, 15) is 33.0 Å². The zero-order chi connectivity index (χ0) is 35.6. The van der Waals surface area contributed by atoms with Gasteiger partial charge in [0.1, 0.15) is 24.0 Å².